The van der Waals surface area contributed by atoms with E-state index in [1.807, 2.05) is 0 Å². The molecule has 16 N–H and O–H groups in total. The van der Waals surface area contributed by atoms with Crippen molar-refractivity contribution in [3.8, 4) is 0 Å². The predicted octanol–water partition coefficient (Wildman–Crippen LogP) is 3.21. The second kappa shape index (κ2) is 62.1. The summed E-state index contributed by atoms with van der Waals surface area (Å²) in [6.07, 6.45) is -22.9. The lowest BCUT2D eigenvalue weighted by Crippen LogP contribution is -2.66. The van der Waals surface area contributed by atoms with Crippen LogP contribution in [-0.4, -0.2) is 393 Å². The van der Waals surface area contributed by atoms with Crippen LogP contribution in [0, 0.1) is 0 Å². The highest BCUT2D eigenvalue weighted by Crippen LogP contribution is 2.37. The maximum Gasteiger partial charge on any atom is 0.317 e. The Morgan fingerprint density at radius 1 is 0.227 bits per heavy atom. The van der Waals surface area contributed by atoms with Crippen LogP contribution in [0.4, 0.5) is 0 Å². The summed E-state index contributed by atoms with van der Waals surface area (Å²) in [5.41, 5.74) is 0. The van der Waals surface area contributed by atoms with Crippen LogP contribution < -0.4 is 0 Å². The maximum absolute atomic E-state index is 12.3. The Morgan fingerprint density at radius 2 is 0.412 bits per heavy atom. The van der Waals surface area contributed by atoms with E-state index in [1.54, 1.807) is 0 Å². The Bertz CT molecular complexity index is 3200. The molecule has 0 radical (unpaired) electrons. The van der Waals surface area contributed by atoms with Crippen molar-refractivity contribution >= 4 is 190 Å². The van der Waals surface area contributed by atoms with Crippen molar-refractivity contribution in [2.24, 2.45) is 0 Å². The summed E-state index contributed by atoms with van der Waals surface area (Å²) in [6.45, 7) is -3.83. The van der Waals surface area contributed by atoms with Gasteiger partial charge in [-0.05, 0) is 97.4 Å². The predicted molar refractivity (Wildman–Crippen MR) is 424 cm³/mol. The van der Waals surface area contributed by atoms with Crippen LogP contribution in [-0.2, 0) is 129 Å². The van der Waals surface area contributed by atoms with E-state index in [2.05, 4.69) is 0 Å². The molecule has 0 aromatic rings. The highest BCUT2D eigenvalue weighted by molar-refractivity contribution is 8.02. The van der Waals surface area contributed by atoms with E-state index in [1.165, 1.54) is 0 Å². The molecule has 2 heterocycles. The van der Waals surface area contributed by atoms with Crippen LogP contribution in [0.5, 0.6) is 0 Å². The number of hydrogen-bond donors (Lipinski definition) is 16. The van der Waals surface area contributed by atoms with Gasteiger partial charge in [-0.1, -0.05) is 0 Å². The fraction of sp³-hybridized carbons (Fsp3) is 0.765. The van der Waals surface area contributed by atoms with Crippen LogP contribution in [0.1, 0.15) is 103 Å². The highest BCUT2D eigenvalue weighted by atomic mass is 32.2. The van der Waals surface area contributed by atoms with Gasteiger partial charge in [-0.15, -0.1) is 94.1 Å². The molecular formula is C68H102O43S8. The Balaban J connectivity index is 3.28. The van der Waals surface area contributed by atoms with Crippen LogP contribution in [0.2, 0.25) is 0 Å². The second-order valence-electron chi connectivity index (χ2n) is 25.6. The smallest absolute Gasteiger partial charge is 0.317 e. The monoisotopic (exact) mass is 1860 g/mol. The summed E-state index contributed by atoms with van der Waals surface area (Å²) in [7, 11) is 0. The van der Waals surface area contributed by atoms with Gasteiger partial charge in [-0.2, -0.15) is 0 Å². The Hall–Kier alpha value is -6.12. The summed E-state index contributed by atoms with van der Waals surface area (Å²) < 4.78 is 73.1. The average Bonchev–Trinajstić information content (AvgIpc) is 0.769. The van der Waals surface area contributed by atoms with E-state index in [9.17, 15) is 158 Å². The maximum atomic E-state index is 12.3. The number of rotatable bonds is 76. The van der Waals surface area contributed by atoms with Crippen LogP contribution >= 0.6 is 94.1 Å². The summed E-state index contributed by atoms with van der Waals surface area (Å²) in [5.74, 6) is -23.6. The fourth-order valence-electron chi connectivity index (χ4n) is 10.7. The van der Waals surface area contributed by atoms with Crippen molar-refractivity contribution in [1.82, 2.24) is 0 Å². The molecule has 43 nitrogen and oxygen atoms in total. The molecule has 2 aliphatic heterocycles. The third kappa shape index (κ3) is 47.9. The first-order valence-electron chi connectivity index (χ1n) is 36.6. The number of carboxylic acids is 16. The van der Waals surface area contributed by atoms with Gasteiger partial charge in [0.25, 0.3) is 0 Å². The van der Waals surface area contributed by atoms with E-state index < -0.39 is 277 Å². The molecule has 119 heavy (non-hydrogen) atoms. The van der Waals surface area contributed by atoms with Crippen molar-refractivity contribution in [3.05, 3.63) is 0 Å². The molecule has 18 unspecified atom stereocenters. The molecule has 2 aliphatic rings. The van der Waals surface area contributed by atoms with Gasteiger partial charge in [0, 0.05) is 46.2 Å². The number of carbonyl (C=O) groups is 16. The summed E-state index contributed by atoms with van der Waals surface area (Å²) in [4.78, 5) is 191. The third-order valence-electron chi connectivity index (χ3n) is 16.1. The molecule has 2 saturated heterocycles. The number of aliphatic carboxylic acids is 16. The minimum Gasteiger partial charge on any atom is -0.481 e. The quantitative estimate of drug-likeness (QED) is 0.0389. The van der Waals surface area contributed by atoms with Gasteiger partial charge in [0.05, 0.1) is 71.2 Å². The minimum absolute atomic E-state index is 0.00634. The molecule has 2 rings (SSSR count). The van der Waals surface area contributed by atoms with Gasteiger partial charge in [-0.3, -0.25) is 76.7 Å². The first kappa shape index (κ1) is 109. The topological polar surface area (TPSA) is 698 Å². The lowest BCUT2D eigenvalue weighted by Gasteiger charge is -2.50. The van der Waals surface area contributed by atoms with E-state index in [-0.39, 0.29) is 137 Å². The van der Waals surface area contributed by atoms with Crippen LogP contribution in [0.15, 0.2) is 0 Å². The molecule has 18 atom stereocenters. The second-order valence-corrected chi connectivity index (χ2v) is 36.1. The van der Waals surface area contributed by atoms with Gasteiger partial charge < -0.3 is 134 Å². The molecular weight excluding hydrogens is 1760 g/mol. The molecule has 0 aromatic carbocycles. The molecule has 680 valence electrons. The number of hydrogen-bond acceptors (Lipinski definition) is 35. The Morgan fingerprint density at radius 3 is 0.647 bits per heavy atom. The number of carboxylic acid groups (broad SMARTS) is 16. The zero-order valence-electron chi connectivity index (χ0n) is 63.9. The minimum atomic E-state index is -1.92. The average molecular weight is 1860 g/mol. The zero-order chi connectivity index (χ0) is 89.1. The largest absolute Gasteiger partial charge is 0.481 e. The van der Waals surface area contributed by atoms with E-state index in [0.717, 1.165) is 94.1 Å². The number of ether oxygens (including phenoxy) is 11. The summed E-state index contributed by atoms with van der Waals surface area (Å²) in [6, 6.07) is 0. The third-order valence-corrected chi connectivity index (χ3v) is 26.5. The highest BCUT2D eigenvalue weighted by Gasteiger charge is 2.55. The van der Waals surface area contributed by atoms with E-state index >= 15 is 0 Å². The van der Waals surface area contributed by atoms with Crippen molar-refractivity contribution in [1.29, 1.82) is 0 Å². The number of thioether (sulfide) groups is 8. The first-order chi connectivity index (χ1) is 56.3. The van der Waals surface area contributed by atoms with Crippen molar-refractivity contribution < 1.29 is 211 Å². The molecule has 51 heteroatoms. The van der Waals surface area contributed by atoms with Crippen molar-refractivity contribution in [2.75, 3.05) is 112 Å². The summed E-state index contributed by atoms with van der Waals surface area (Å²) in [5, 5.41) is 143. The molecule has 0 saturated carbocycles. The zero-order valence-corrected chi connectivity index (χ0v) is 70.4. The normalized spacial score (nSPS) is 21.2. The van der Waals surface area contributed by atoms with E-state index in [4.69, 9.17) is 52.1 Å². The van der Waals surface area contributed by atoms with Crippen LogP contribution in [0.25, 0.3) is 0 Å². The lowest BCUT2D eigenvalue weighted by molar-refractivity contribution is -0.374. The van der Waals surface area contributed by atoms with Gasteiger partial charge in [0.2, 0.25) is 0 Å². The van der Waals surface area contributed by atoms with Gasteiger partial charge >= 0.3 is 95.5 Å². The SMILES string of the molecule is O=C(O)CC(SCCCOCC1OC(OC2C(COCCCSC(CC(=O)O)C(=O)O)OC(OCCCSC(CC(=O)O)C(=O)O)C(OCCCSC(CC(=O)O)C(=O)O)C2OCCCSC(CC(=O)O)C(=O)O)C(OCCCSC(CC(=O)O)C(=O)O)C(OCCCSC(CC(=O)O)C(=O)O)C1OCCCSC(CC(=O)O)C(=O)O)C(=O)O. The standard InChI is InChI=1S/C68H102O43S8/c69-45(70)25-37(59(85)86)112-17-1-9-101-33-35-53(103-11-3-19-114-39(61(89)90)27-47(73)74)55(104-12-4-20-115-40(62(91)92)28-48(75)76)58(107-15-7-23-118-43(65(97)98)31-51(81)82)68(110-35)111-54-36(34-102-10-2-18-113-38(60(87)88)26-46(71)72)109-67(108-16-8-24-119-44(66(99)100)32-52(83)84)57(106-14-6-22-117-42(64(95)96)30-50(79)80)56(54)105-13-5-21-116-41(63(93)94)29-49(77)78/h35-44,53-58,67-68H,1-34H2,(H,69,70)(H,71,72)(H,73,74)(H,75,76)(H,77,78)(H,79,80)(H,81,82)(H,83,84)(H,85,86)(H,87,88)(H,89,90)(H,91,92)(H,93,94)(H,95,96)(H,97,98)(H,99,100). The van der Waals surface area contributed by atoms with Crippen molar-refractivity contribution in [3.63, 3.8) is 0 Å². The molecule has 2 fully saturated rings. The Labute approximate surface area is 714 Å². The van der Waals surface area contributed by atoms with Gasteiger partial charge in [0.1, 0.15) is 90.8 Å². The van der Waals surface area contributed by atoms with Gasteiger partial charge in [-0.25, -0.2) is 0 Å². The molecule has 0 bridgehead atoms. The van der Waals surface area contributed by atoms with E-state index in [0.29, 0.717) is 0 Å². The molecule has 0 aliphatic carbocycles. The molecule has 0 spiro atoms. The molecule has 0 aromatic heterocycles. The fourth-order valence-corrected chi connectivity index (χ4v) is 18.5. The Kier molecular flexibility index (Phi) is 56.8. The van der Waals surface area contributed by atoms with Crippen LogP contribution in [0.3, 0.4) is 0 Å². The van der Waals surface area contributed by atoms with Gasteiger partial charge in [0.15, 0.2) is 12.6 Å². The first-order valence-corrected chi connectivity index (χ1v) is 45.0. The van der Waals surface area contributed by atoms with Crippen molar-refractivity contribution in [2.45, 2.75) is 206 Å². The lowest BCUT2D eigenvalue weighted by atomic mass is 9.96. The summed E-state index contributed by atoms with van der Waals surface area (Å²) >= 11 is 5.99. The molecule has 0 amide bonds.